The SMILES string of the molecule is c1ccc(Nc2nc[nH]c3c4ccccc4nc2-3)cc1. The van der Waals surface area contributed by atoms with Crippen molar-refractivity contribution in [3.05, 3.63) is 60.9 Å². The molecule has 0 radical (unpaired) electrons. The maximum atomic E-state index is 4.66. The summed E-state index contributed by atoms with van der Waals surface area (Å²) in [6, 6.07) is 18.1. The zero-order valence-electron chi connectivity index (χ0n) is 10.7. The fourth-order valence-corrected chi connectivity index (χ4v) is 2.38. The van der Waals surface area contributed by atoms with Crippen molar-refractivity contribution >= 4 is 22.4 Å². The first-order valence-electron chi connectivity index (χ1n) is 6.46. The standard InChI is InChI=1S/C16H12N4/c1-2-6-11(7-3-1)19-16-15-14(17-10-18-16)12-8-4-5-9-13(12)20-15/h1-10,19H,(H,17,18). The first-order valence-corrected chi connectivity index (χ1v) is 6.46. The Kier molecular flexibility index (Phi) is 2.39. The lowest BCUT2D eigenvalue weighted by atomic mass is 10.2. The highest BCUT2D eigenvalue weighted by molar-refractivity contribution is 5.98. The fourth-order valence-electron chi connectivity index (χ4n) is 2.38. The Hall–Kier alpha value is -2.88. The summed E-state index contributed by atoms with van der Waals surface area (Å²) in [6.07, 6.45) is 1.70. The molecule has 0 bridgehead atoms. The molecular formula is C16H12N4. The number of benzene rings is 2. The van der Waals surface area contributed by atoms with Gasteiger partial charge in [0.1, 0.15) is 5.69 Å². The van der Waals surface area contributed by atoms with Gasteiger partial charge < -0.3 is 10.3 Å². The Morgan fingerprint density at radius 3 is 2.60 bits per heavy atom. The van der Waals surface area contributed by atoms with E-state index >= 15 is 0 Å². The number of nitrogens with one attached hydrogen (secondary N) is 2. The number of fused-ring (bicyclic) bond motifs is 3. The number of rotatable bonds is 2. The van der Waals surface area contributed by atoms with Crippen LogP contribution in [0.4, 0.5) is 11.5 Å². The summed E-state index contributed by atoms with van der Waals surface area (Å²) >= 11 is 0. The van der Waals surface area contributed by atoms with Crippen LogP contribution in [0.15, 0.2) is 60.9 Å². The first-order chi connectivity index (χ1) is 9.92. The molecule has 4 heteroatoms. The number of hydrogen-bond donors (Lipinski definition) is 2. The lowest BCUT2D eigenvalue weighted by Crippen LogP contribution is -1.98. The molecule has 2 aromatic carbocycles. The van der Waals surface area contributed by atoms with Gasteiger partial charge in [-0.1, -0.05) is 36.4 Å². The molecule has 0 aliphatic carbocycles. The van der Waals surface area contributed by atoms with Gasteiger partial charge >= 0.3 is 0 Å². The Morgan fingerprint density at radius 2 is 1.70 bits per heavy atom. The largest absolute Gasteiger partial charge is 0.344 e. The van der Waals surface area contributed by atoms with E-state index in [0.29, 0.717) is 0 Å². The molecule has 96 valence electrons. The first kappa shape index (κ1) is 11.0. The van der Waals surface area contributed by atoms with Crippen LogP contribution in [-0.4, -0.2) is 15.0 Å². The Balaban J connectivity index is 1.87. The molecule has 2 N–H and O–H groups in total. The molecule has 0 fully saturated rings. The Labute approximate surface area is 115 Å². The van der Waals surface area contributed by atoms with Crippen LogP contribution in [0.1, 0.15) is 0 Å². The average molecular weight is 260 g/mol. The third-order valence-electron chi connectivity index (χ3n) is 3.31. The molecule has 0 spiro atoms. The average Bonchev–Trinajstić information content (AvgIpc) is 2.88. The summed E-state index contributed by atoms with van der Waals surface area (Å²) in [6.45, 7) is 0. The van der Waals surface area contributed by atoms with Gasteiger partial charge in [-0.15, -0.1) is 0 Å². The number of H-pyrrole nitrogens is 1. The summed E-state index contributed by atoms with van der Waals surface area (Å²) in [7, 11) is 0. The van der Waals surface area contributed by atoms with Gasteiger partial charge in [0.15, 0.2) is 5.82 Å². The van der Waals surface area contributed by atoms with Crippen LogP contribution in [-0.2, 0) is 0 Å². The smallest absolute Gasteiger partial charge is 0.160 e. The van der Waals surface area contributed by atoms with Crippen LogP contribution in [0.2, 0.25) is 0 Å². The Bertz CT molecular complexity index is 836. The molecule has 2 aromatic rings. The van der Waals surface area contributed by atoms with Crippen molar-refractivity contribution in [2.45, 2.75) is 0 Å². The summed E-state index contributed by atoms with van der Waals surface area (Å²) in [5.41, 5.74) is 3.84. The fraction of sp³-hybridized carbons (Fsp3) is 0. The van der Waals surface area contributed by atoms with Gasteiger partial charge in [0.05, 0.1) is 17.5 Å². The summed E-state index contributed by atoms with van der Waals surface area (Å²) < 4.78 is 0. The van der Waals surface area contributed by atoms with E-state index in [0.717, 1.165) is 33.8 Å². The predicted molar refractivity (Wildman–Crippen MR) is 80.2 cm³/mol. The van der Waals surface area contributed by atoms with Gasteiger partial charge in [0, 0.05) is 11.1 Å². The van der Waals surface area contributed by atoms with E-state index in [-0.39, 0.29) is 0 Å². The molecule has 20 heavy (non-hydrogen) atoms. The number of para-hydroxylation sites is 2. The van der Waals surface area contributed by atoms with Crippen molar-refractivity contribution in [3.63, 3.8) is 0 Å². The molecule has 0 amide bonds. The maximum Gasteiger partial charge on any atom is 0.160 e. The van der Waals surface area contributed by atoms with Crippen LogP contribution in [0.3, 0.4) is 0 Å². The van der Waals surface area contributed by atoms with E-state index in [1.54, 1.807) is 6.33 Å². The summed E-state index contributed by atoms with van der Waals surface area (Å²) in [5, 5.41) is 4.43. The molecule has 0 unspecified atom stereocenters. The number of aromatic nitrogens is 3. The number of aromatic amines is 1. The van der Waals surface area contributed by atoms with Crippen LogP contribution < -0.4 is 5.32 Å². The molecule has 4 nitrogen and oxygen atoms in total. The van der Waals surface area contributed by atoms with Crippen molar-refractivity contribution in [2.75, 3.05) is 5.32 Å². The van der Waals surface area contributed by atoms with E-state index in [2.05, 4.69) is 26.3 Å². The monoisotopic (exact) mass is 260 g/mol. The minimum absolute atomic E-state index is 0.765. The zero-order chi connectivity index (χ0) is 13.4. The summed E-state index contributed by atoms with van der Waals surface area (Å²) in [5.74, 6) is 0.765. The quantitative estimate of drug-likeness (QED) is 0.576. The molecule has 0 saturated carbocycles. The van der Waals surface area contributed by atoms with Crippen LogP contribution in [0.5, 0.6) is 0 Å². The van der Waals surface area contributed by atoms with E-state index in [4.69, 9.17) is 0 Å². The van der Waals surface area contributed by atoms with Crippen LogP contribution >= 0.6 is 0 Å². The lowest BCUT2D eigenvalue weighted by molar-refractivity contribution is 1.16. The topological polar surface area (TPSA) is 53.6 Å². The molecule has 4 rings (SSSR count). The van der Waals surface area contributed by atoms with Crippen molar-refractivity contribution in [3.8, 4) is 11.4 Å². The third-order valence-corrected chi connectivity index (χ3v) is 3.31. The second-order valence-corrected chi connectivity index (χ2v) is 4.59. The molecular weight excluding hydrogens is 248 g/mol. The van der Waals surface area contributed by atoms with Crippen LogP contribution in [0.25, 0.3) is 22.3 Å². The second-order valence-electron chi connectivity index (χ2n) is 4.59. The highest BCUT2D eigenvalue weighted by Crippen LogP contribution is 2.33. The van der Waals surface area contributed by atoms with Crippen molar-refractivity contribution < 1.29 is 0 Å². The van der Waals surface area contributed by atoms with Gasteiger partial charge in [-0.2, -0.15) is 0 Å². The summed E-state index contributed by atoms with van der Waals surface area (Å²) in [4.78, 5) is 12.2. The number of anilines is 2. The van der Waals surface area contributed by atoms with Gasteiger partial charge in [-0.25, -0.2) is 9.97 Å². The van der Waals surface area contributed by atoms with E-state index in [9.17, 15) is 0 Å². The van der Waals surface area contributed by atoms with Gasteiger partial charge in [-0.3, -0.25) is 0 Å². The van der Waals surface area contributed by atoms with Crippen molar-refractivity contribution in [1.29, 1.82) is 0 Å². The zero-order valence-corrected chi connectivity index (χ0v) is 10.7. The predicted octanol–water partition coefficient (Wildman–Crippen LogP) is 3.81. The minimum Gasteiger partial charge on any atom is -0.344 e. The minimum atomic E-state index is 0.765. The lowest BCUT2D eigenvalue weighted by Gasteiger charge is -2.08. The van der Waals surface area contributed by atoms with Gasteiger partial charge in [-0.05, 0) is 18.2 Å². The third kappa shape index (κ3) is 1.70. The van der Waals surface area contributed by atoms with E-state index in [1.807, 2.05) is 48.5 Å². The normalized spacial score (nSPS) is 11.0. The highest BCUT2D eigenvalue weighted by Gasteiger charge is 2.16. The van der Waals surface area contributed by atoms with Crippen molar-refractivity contribution in [1.82, 2.24) is 15.0 Å². The molecule has 0 atom stereocenters. The van der Waals surface area contributed by atoms with E-state index in [1.165, 1.54) is 0 Å². The second kappa shape index (κ2) is 4.35. The molecule has 2 aliphatic heterocycles. The molecule has 2 heterocycles. The Morgan fingerprint density at radius 1 is 0.900 bits per heavy atom. The maximum absolute atomic E-state index is 4.66. The van der Waals surface area contributed by atoms with E-state index < -0.39 is 0 Å². The molecule has 0 saturated heterocycles. The van der Waals surface area contributed by atoms with Crippen LogP contribution in [0, 0.1) is 0 Å². The molecule has 2 aliphatic rings. The number of nitrogens with zero attached hydrogens (tertiary/aromatic N) is 2. The highest BCUT2D eigenvalue weighted by atomic mass is 15.1. The molecule has 0 aromatic heterocycles. The van der Waals surface area contributed by atoms with Gasteiger partial charge in [0.2, 0.25) is 0 Å². The van der Waals surface area contributed by atoms with Gasteiger partial charge in [0.25, 0.3) is 0 Å². The van der Waals surface area contributed by atoms with Crippen molar-refractivity contribution in [2.24, 2.45) is 0 Å². The number of hydrogen-bond acceptors (Lipinski definition) is 3.